The molecule has 1 aromatic heterocycles. The van der Waals surface area contributed by atoms with Crippen molar-refractivity contribution in [3.05, 3.63) is 58.6 Å². The number of carboxylic acids is 1. The number of nitrogens with zero attached hydrogens (tertiary/aromatic N) is 2. The minimum atomic E-state index is -1.07. The van der Waals surface area contributed by atoms with E-state index in [0.29, 0.717) is 16.8 Å². The lowest BCUT2D eigenvalue weighted by Gasteiger charge is -2.13. The highest BCUT2D eigenvalue weighted by Gasteiger charge is 2.23. The van der Waals surface area contributed by atoms with Crippen LogP contribution in [0.5, 0.6) is 5.75 Å². The van der Waals surface area contributed by atoms with Crippen LogP contribution in [0.15, 0.2) is 47.5 Å². The smallest absolute Gasteiger partial charge is 0.326 e. The van der Waals surface area contributed by atoms with Gasteiger partial charge in [-0.25, -0.2) is 9.18 Å². The number of hydrogen-bond acceptors (Lipinski definition) is 4. The summed E-state index contributed by atoms with van der Waals surface area (Å²) in [7, 11) is 1.52. The van der Waals surface area contributed by atoms with E-state index in [9.17, 15) is 19.1 Å². The molecule has 3 rings (SSSR count). The third-order valence-corrected chi connectivity index (χ3v) is 5.20. The molecule has 6 nitrogen and oxygen atoms in total. The van der Waals surface area contributed by atoms with E-state index >= 15 is 0 Å². The topological polar surface area (TPSA) is 80.9 Å². The van der Waals surface area contributed by atoms with E-state index in [0.717, 1.165) is 11.3 Å². The molecule has 0 aliphatic heterocycles. The van der Waals surface area contributed by atoms with Gasteiger partial charge in [-0.3, -0.25) is 4.79 Å². The number of thiazole rings is 1. The van der Waals surface area contributed by atoms with Gasteiger partial charge in [-0.05, 0) is 42.8 Å². The van der Waals surface area contributed by atoms with Gasteiger partial charge in [0.25, 0.3) is 5.91 Å². The van der Waals surface area contributed by atoms with Crippen LogP contribution in [0.3, 0.4) is 0 Å². The normalized spacial score (nSPS) is 12.9. The first kappa shape index (κ1) is 18.8. The number of aliphatic carboxylic acids is 1. The molecule has 0 radical (unpaired) electrons. The summed E-state index contributed by atoms with van der Waals surface area (Å²) in [5.74, 6) is -1.49. The zero-order valence-electron chi connectivity index (χ0n) is 14.7. The van der Waals surface area contributed by atoms with Crippen molar-refractivity contribution in [1.29, 1.82) is 0 Å². The van der Waals surface area contributed by atoms with Crippen LogP contribution >= 0.6 is 11.3 Å². The van der Waals surface area contributed by atoms with Gasteiger partial charge in [0, 0.05) is 5.56 Å². The Balaban J connectivity index is 2.19. The number of ether oxygens (including phenoxy) is 1. The van der Waals surface area contributed by atoms with Crippen molar-refractivity contribution in [3.63, 3.8) is 0 Å². The van der Waals surface area contributed by atoms with Gasteiger partial charge in [-0.1, -0.05) is 24.3 Å². The van der Waals surface area contributed by atoms with E-state index in [4.69, 9.17) is 4.74 Å². The van der Waals surface area contributed by atoms with E-state index in [1.807, 2.05) is 0 Å². The van der Waals surface area contributed by atoms with Gasteiger partial charge >= 0.3 is 5.97 Å². The summed E-state index contributed by atoms with van der Waals surface area (Å²) in [5, 5.41) is 9.56. The van der Waals surface area contributed by atoms with E-state index in [-0.39, 0.29) is 15.9 Å². The Morgan fingerprint density at radius 2 is 1.96 bits per heavy atom. The van der Waals surface area contributed by atoms with E-state index in [1.54, 1.807) is 37.3 Å². The zero-order valence-corrected chi connectivity index (χ0v) is 15.5. The monoisotopic (exact) mass is 388 g/mol. The van der Waals surface area contributed by atoms with Gasteiger partial charge in [-0.2, -0.15) is 4.99 Å². The van der Waals surface area contributed by atoms with Gasteiger partial charge in [0.15, 0.2) is 4.80 Å². The Morgan fingerprint density at radius 3 is 2.56 bits per heavy atom. The molecule has 1 N–H and O–H groups in total. The minimum absolute atomic E-state index is 0.144. The second kappa shape index (κ2) is 7.71. The fourth-order valence-electron chi connectivity index (χ4n) is 2.76. The number of carbonyl (C=O) groups excluding carboxylic acids is 1. The quantitative estimate of drug-likeness (QED) is 0.724. The standard InChI is InChI=1S/C19H17FN2O4S/c1-3-14(18(24)25)22-15-6-4-5-13(20)16(15)27-19(22)21-17(23)11-7-9-12(26-2)10-8-11/h4-10,14H,3H2,1-2H3,(H,24,25). The molecular weight excluding hydrogens is 371 g/mol. The largest absolute Gasteiger partial charge is 0.497 e. The third-order valence-electron chi connectivity index (χ3n) is 4.12. The van der Waals surface area contributed by atoms with Crippen molar-refractivity contribution < 1.29 is 23.8 Å². The van der Waals surface area contributed by atoms with Crippen molar-refractivity contribution in [3.8, 4) is 5.75 Å². The van der Waals surface area contributed by atoms with Crippen LogP contribution in [0, 0.1) is 5.82 Å². The van der Waals surface area contributed by atoms with Crippen molar-refractivity contribution in [2.75, 3.05) is 7.11 Å². The third kappa shape index (κ3) is 3.61. The summed E-state index contributed by atoms with van der Waals surface area (Å²) >= 11 is 0.955. The average Bonchev–Trinajstić information content (AvgIpc) is 3.02. The summed E-state index contributed by atoms with van der Waals surface area (Å²) in [4.78, 5) is 28.5. The van der Waals surface area contributed by atoms with Gasteiger partial charge in [0.1, 0.15) is 17.6 Å². The van der Waals surface area contributed by atoms with Gasteiger partial charge < -0.3 is 14.4 Å². The number of hydrogen-bond donors (Lipinski definition) is 1. The highest BCUT2D eigenvalue weighted by molar-refractivity contribution is 7.16. The number of methoxy groups -OCH3 is 1. The number of aromatic nitrogens is 1. The number of rotatable bonds is 5. The van der Waals surface area contributed by atoms with Crippen molar-refractivity contribution in [1.82, 2.24) is 4.57 Å². The fourth-order valence-corrected chi connectivity index (χ4v) is 3.83. The summed E-state index contributed by atoms with van der Waals surface area (Å²) in [6, 6.07) is 9.86. The van der Waals surface area contributed by atoms with Crippen LogP contribution in [-0.2, 0) is 4.79 Å². The molecule has 0 saturated carbocycles. The lowest BCUT2D eigenvalue weighted by molar-refractivity contribution is -0.140. The fraction of sp³-hybridized carbons (Fsp3) is 0.211. The molecule has 3 aromatic rings. The van der Waals surface area contributed by atoms with Crippen molar-refractivity contribution in [2.24, 2.45) is 4.99 Å². The molecule has 0 aliphatic carbocycles. The van der Waals surface area contributed by atoms with E-state index in [2.05, 4.69) is 4.99 Å². The molecule has 1 unspecified atom stereocenters. The molecule has 1 amide bonds. The molecule has 0 fully saturated rings. The molecule has 1 heterocycles. The highest BCUT2D eigenvalue weighted by Crippen LogP contribution is 2.25. The van der Waals surface area contributed by atoms with Gasteiger partial charge in [-0.15, -0.1) is 0 Å². The Morgan fingerprint density at radius 1 is 1.26 bits per heavy atom. The number of carbonyl (C=O) groups is 2. The SMILES string of the molecule is CCC(C(=O)O)n1c(=NC(=O)c2ccc(OC)cc2)sc2c(F)cccc21. The minimum Gasteiger partial charge on any atom is -0.497 e. The van der Waals surface area contributed by atoms with Crippen LogP contribution < -0.4 is 9.54 Å². The summed E-state index contributed by atoms with van der Waals surface area (Å²) in [5.41, 5.74) is 0.721. The summed E-state index contributed by atoms with van der Waals surface area (Å²) < 4.78 is 20.9. The molecule has 2 aromatic carbocycles. The van der Waals surface area contributed by atoms with Crippen molar-refractivity contribution in [2.45, 2.75) is 19.4 Å². The molecule has 0 aliphatic rings. The van der Waals surface area contributed by atoms with E-state index < -0.39 is 23.7 Å². The predicted molar refractivity (Wildman–Crippen MR) is 99.6 cm³/mol. The number of carboxylic acid groups (broad SMARTS) is 1. The molecule has 1 atom stereocenters. The molecule has 8 heteroatoms. The van der Waals surface area contributed by atoms with Crippen LogP contribution in [0.4, 0.5) is 4.39 Å². The zero-order chi connectivity index (χ0) is 19.6. The number of halogens is 1. The maximum Gasteiger partial charge on any atom is 0.326 e. The van der Waals surface area contributed by atoms with Crippen molar-refractivity contribution >= 4 is 33.4 Å². The maximum absolute atomic E-state index is 14.2. The molecule has 0 saturated heterocycles. The second-order valence-electron chi connectivity index (χ2n) is 5.75. The molecular formula is C19H17FN2O4S. The first-order valence-corrected chi connectivity index (χ1v) is 9.03. The Hall–Kier alpha value is -3.00. The number of benzene rings is 2. The summed E-state index contributed by atoms with van der Waals surface area (Å²) in [6.07, 6.45) is 0.265. The molecule has 140 valence electrons. The first-order chi connectivity index (χ1) is 13.0. The van der Waals surface area contributed by atoms with Crippen LogP contribution in [-0.4, -0.2) is 28.7 Å². The Labute approximate surface area is 158 Å². The lowest BCUT2D eigenvalue weighted by Crippen LogP contribution is -2.27. The van der Waals surface area contributed by atoms with Crippen LogP contribution in [0.2, 0.25) is 0 Å². The maximum atomic E-state index is 14.2. The van der Waals surface area contributed by atoms with Gasteiger partial charge in [0.05, 0.1) is 17.3 Å². The lowest BCUT2D eigenvalue weighted by atomic mass is 10.2. The predicted octanol–water partition coefficient (Wildman–Crippen LogP) is 3.63. The molecule has 0 spiro atoms. The van der Waals surface area contributed by atoms with Crippen LogP contribution in [0.25, 0.3) is 10.2 Å². The number of fused-ring (bicyclic) bond motifs is 1. The number of amides is 1. The van der Waals surface area contributed by atoms with Crippen LogP contribution in [0.1, 0.15) is 29.7 Å². The Bertz CT molecular complexity index is 1070. The first-order valence-electron chi connectivity index (χ1n) is 8.21. The van der Waals surface area contributed by atoms with Gasteiger partial charge in [0.2, 0.25) is 0 Å². The highest BCUT2D eigenvalue weighted by atomic mass is 32.1. The second-order valence-corrected chi connectivity index (χ2v) is 6.73. The summed E-state index contributed by atoms with van der Waals surface area (Å²) in [6.45, 7) is 1.71. The molecule has 0 bridgehead atoms. The van der Waals surface area contributed by atoms with E-state index in [1.165, 1.54) is 23.8 Å². The Kier molecular flexibility index (Phi) is 5.36. The average molecular weight is 388 g/mol. The molecule has 27 heavy (non-hydrogen) atoms.